The first-order valence-corrected chi connectivity index (χ1v) is 4.83. The normalized spacial score (nSPS) is 6.00. The summed E-state index contributed by atoms with van der Waals surface area (Å²) < 4.78 is 0. The fraction of sp³-hybridized carbons (Fsp3) is 1.00. The van der Waals surface area contributed by atoms with E-state index in [1.807, 2.05) is 13.8 Å². The third-order valence-electron chi connectivity index (χ3n) is 1.000. The van der Waals surface area contributed by atoms with Crippen LogP contribution in [0.25, 0.3) is 0 Å². The third-order valence-corrected chi connectivity index (χ3v) is 1.000. The van der Waals surface area contributed by atoms with Crippen LogP contribution in [0.5, 0.6) is 0 Å². The number of hydrogen-bond acceptors (Lipinski definition) is 0. The molecule has 0 saturated heterocycles. The molecule has 0 rings (SSSR count). The Kier molecular flexibility index (Phi) is 102. The maximum atomic E-state index is 2.18. The van der Waals surface area contributed by atoms with Crippen LogP contribution in [0.15, 0.2) is 0 Å². The van der Waals surface area contributed by atoms with Gasteiger partial charge < -0.3 is 0 Å². The van der Waals surface area contributed by atoms with E-state index in [9.17, 15) is 0 Å². The van der Waals surface area contributed by atoms with Gasteiger partial charge in [0.25, 0.3) is 0 Å². The average Bonchev–Trinajstić information content (AvgIpc) is 2.08. The lowest BCUT2D eigenvalue weighted by molar-refractivity contribution is 0.886. The average molecular weight is 157 g/mol. The molecule has 0 heterocycles. The van der Waals surface area contributed by atoms with E-state index >= 15 is 0 Å². The lowest BCUT2D eigenvalue weighted by atomic mass is 10.4. The minimum Gasteiger partial charge on any atom is -0.0683 e. The second-order valence-electron chi connectivity index (χ2n) is 2.00. The lowest BCUT2D eigenvalue weighted by Gasteiger charge is -1.68. The summed E-state index contributed by atoms with van der Waals surface area (Å²) in [6.07, 6.45) is 5.28. The summed E-state index contributed by atoms with van der Waals surface area (Å²) in [5.74, 6) is 0. The number of unbranched alkanes of at least 4 members (excludes halogenated alkanes) is 2. The molecule has 0 aromatic carbocycles. The molecule has 11 heavy (non-hydrogen) atoms. The summed E-state index contributed by atoms with van der Waals surface area (Å²) >= 11 is 0. The van der Waals surface area contributed by atoms with Gasteiger partial charge in [-0.25, -0.2) is 0 Å². The molecule has 0 spiro atoms. The Hall–Kier alpha value is 0.0649. The van der Waals surface area contributed by atoms with Crippen molar-refractivity contribution in [3.8, 4) is 0 Å². The Morgan fingerprint density at radius 1 is 0.545 bits per heavy atom. The van der Waals surface area contributed by atoms with E-state index in [4.69, 9.17) is 0 Å². The Morgan fingerprint density at radius 2 is 0.636 bits per heavy atom. The minimum absolute atomic E-state index is 0. The van der Waals surface area contributed by atoms with E-state index < -0.39 is 0 Å². The molecule has 0 N–H and O–H groups in total. The van der Waals surface area contributed by atoms with Crippen molar-refractivity contribution in [1.29, 1.82) is 0 Å². The first-order valence-electron chi connectivity index (χ1n) is 4.83. The van der Waals surface area contributed by atoms with E-state index in [0.29, 0.717) is 0 Å². The van der Waals surface area contributed by atoms with Crippen molar-refractivity contribution in [2.45, 2.75) is 67.2 Å². The van der Waals surface area contributed by atoms with Gasteiger partial charge in [-0.3, -0.25) is 0 Å². The standard InChI is InChI=1S/2C4H10.C2H6.B/c2*1-3-4-2;1-2;/h2*3-4H2,1-2H3;1-2H3;. The van der Waals surface area contributed by atoms with Gasteiger partial charge in [0.15, 0.2) is 0 Å². The SMILES string of the molecule is CC.CCCC.CCCC.[B]. The highest BCUT2D eigenvalue weighted by Gasteiger charge is 1.56. The van der Waals surface area contributed by atoms with Crippen molar-refractivity contribution in [2.24, 2.45) is 0 Å². The zero-order valence-corrected chi connectivity index (χ0v) is 9.41. The van der Waals surface area contributed by atoms with E-state index in [0.717, 1.165) is 0 Å². The molecular formula is C10H26B. The van der Waals surface area contributed by atoms with Crippen LogP contribution in [-0.4, -0.2) is 8.41 Å². The van der Waals surface area contributed by atoms with Gasteiger partial charge in [0, 0.05) is 8.41 Å². The molecule has 0 aliphatic rings. The quantitative estimate of drug-likeness (QED) is 0.525. The van der Waals surface area contributed by atoms with Crippen LogP contribution in [0.1, 0.15) is 67.2 Å². The fourth-order valence-electron chi connectivity index (χ4n) is 0. The Labute approximate surface area is 76.4 Å². The van der Waals surface area contributed by atoms with Gasteiger partial charge in [-0.1, -0.05) is 67.2 Å². The molecule has 0 nitrogen and oxygen atoms in total. The summed E-state index contributed by atoms with van der Waals surface area (Å²) in [4.78, 5) is 0. The molecule has 69 valence electrons. The third kappa shape index (κ3) is 154. The van der Waals surface area contributed by atoms with Crippen molar-refractivity contribution in [1.82, 2.24) is 0 Å². The molecule has 0 bridgehead atoms. The monoisotopic (exact) mass is 157 g/mol. The molecule has 0 aromatic heterocycles. The topological polar surface area (TPSA) is 0 Å². The molecule has 1 heteroatoms. The van der Waals surface area contributed by atoms with Crippen LogP contribution in [-0.2, 0) is 0 Å². The van der Waals surface area contributed by atoms with Gasteiger partial charge >= 0.3 is 0 Å². The van der Waals surface area contributed by atoms with Crippen molar-refractivity contribution < 1.29 is 0 Å². The highest BCUT2D eigenvalue weighted by molar-refractivity contribution is 5.75. The summed E-state index contributed by atoms with van der Waals surface area (Å²) in [5, 5.41) is 0. The van der Waals surface area contributed by atoms with Crippen molar-refractivity contribution in [2.75, 3.05) is 0 Å². The highest BCUT2D eigenvalue weighted by Crippen LogP contribution is 1.77. The smallest absolute Gasteiger partial charge is 0 e. The lowest BCUT2D eigenvalue weighted by Crippen LogP contribution is -1.47. The van der Waals surface area contributed by atoms with Crippen molar-refractivity contribution in [3.63, 3.8) is 0 Å². The highest BCUT2D eigenvalue weighted by atomic mass is 13.6. The maximum Gasteiger partial charge on any atom is 0 e. The molecule has 0 amide bonds. The first kappa shape index (κ1) is 22.5. The molecular weight excluding hydrogens is 131 g/mol. The molecule has 0 aliphatic heterocycles. The number of hydrogen-bond donors (Lipinski definition) is 0. The van der Waals surface area contributed by atoms with Crippen molar-refractivity contribution >= 4 is 8.41 Å². The van der Waals surface area contributed by atoms with E-state index in [1.54, 1.807) is 0 Å². The van der Waals surface area contributed by atoms with Crippen LogP contribution in [0, 0.1) is 0 Å². The second-order valence-corrected chi connectivity index (χ2v) is 2.00. The fourth-order valence-corrected chi connectivity index (χ4v) is 0. The molecule has 3 radical (unpaired) electrons. The van der Waals surface area contributed by atoms with Gasteiger partial charge in [0.2, 0.25) is 0 Å². The largest absolute Gasteiger partial charge is 0.0683 e. The zero-order chi connectivity index (χ0) is 8.83. The van der Waals surface area contributed by atoms with Gasteiger partial charge in [0.05, 0.1) is 0 Å². The Balaban J connectivity index is -0.0000000339. The van der Waals surface area contributed by atoms with E-state index in [1.165, 1.54) is 25.7 Å². The molecule has 0 saturated carbocycles. The van der Waals surface area contributed by atoms with Gasteiger partial charge in [0.1, 0.15) is 0 Å². The van der Waals surface area contributed by atoms with Crippen LogP contribution in [0.2, 0.25) is 0 Å². The van der Waals surface area contributed by atoms with Crippen LogP contribution in [0.4, 0.5) is 0 Å². The van der Waals surface area contributed by atoms with Gasteiger partial charge in [-0.2, -0.15) is 0 Å². The first-order chi connectivity index (χ1) is 4.83. The predicted molar refractivity (Wildman–Crippen MR) is 58.3 cm³/mol. The van der Waals surface area contributed by atoms with Crippen LogP contribution in [0.3, 0.4) is 0 Å². The Bertz CT molecular complexity index is 12.8. The van der Waals surface area contributed by atoms with Gasteiger partial charge in [-0.05, 0) is 0 Å². The molecule has 0 unspecified atom stereocenters. The van der Waals surface area contributed by atoms with Crippen molar-refractivity contribution in [3.05, 3.63) is 0 Å². The summed E-state index contributed by atoms with van der Waals surface area (Å²) in [5.41, 5.74) is 0. The molecule has 0 aromatic rings. The minimum atomic E-state index is 0. The summed E-state index contributed by atoms with van der Waals surface area (Å²) in [7, 11) is 0. The van der Waals surface area contributed by atoms with Gasteiger partial charge in [-0.15, -0.1) is 0 Å². The summed E-state index contributed by atoms with van der Waals surface area (Å²) in [6.45, 7) is 12.7. The summed E-state index contributed by atoms with van der Waals surface area (Å²) in [6, 6.07) is 0. The predicted octanol–water partition coefficient (Wildman–Crippen LogP) is 4.26. The van der Waals surface area contributed by atoms with Crippen LogP contribution >= 0.6 is 0 Å². The molecule has 0 aliphatic carbocycles. The molecule has 0 fully saturated rings. The second kappa shape index (κ2) is 50.1. The van der Waals surface area contributed by atoms with E-state index in [-0.39, 0.29) is 8.41 Å². The zero-order valence-electron chi connectivity index (χ0n) is 9.41. The van der Waals surface area contributed by atoms with Crippen LogP contribution < -0.4 is 0 Å². The molecule has 0 atom stereocenters. The maximum absolute atomic E-state index is 2.18. The van der Waals surface area contributed by atoms with E-state index in [2.05, 4.69) is 27.7 Å². The number of rotatable bonds is 2. The Morgan fingerprint density at radius 3 is 0.636 bits per heavy atom.